The second-order valence-electron chi connectivity index (χ2n) is 8.19. The number of hydrogen-bond donors (Lipinski definition) is 3. The Kier molecular flexibility index (Phi) is 4.95. The Balaban J connectivity index is 1.06. The van der Waals surface area contributed by atoms with E-state index in [0.29, 0.717) is 48.0 Å². The van der Waals surface area contributed by atoms with Crippen LogP contribution < -0.4 is 10.6 Å². The molecule has 4 aromatic rings. The fourth-order valence-corrected chi connectivity index (χ4v) is 5.01. The molecule has 0 saturated carbocycles. The van der Waals surface area contributed by atoms with Gasteiger partial charge in [0.25, 0.3) is 5.91 Å². The van der Waals surface area contributed by atoms with Crippen LogP contribution in [-0.4, -0.2) is 53.8 Å². The number of amides is 1. The first-order valence-electron chi connectivity index (χ1n) is 10.8. The zero-order valence-electron chi connectivity index (χ0n) is 17.7. The van der Waals surface area contributed by atoms with Crippen LogP contribution in [0.2, 0.25) is 0 Å². The fourth-order valence-electron chi connectivity index (χ4n) is 4.30. The van der Waals surface area contributed by atoms with Gasteiger partial charge in [0.2, 0.25) is 5.95 Å². The van der Waals surface area contributed by atoms with Gasteiger partial charge in [-0.3, -0.25) is 9.89 Å². The molecule has 1 aliphatic carbocycles. The van der Waals surface area contributed by atoms with Gasteiger partial charge in [-0.2, -0.15) is 0 Å². The maximum atomic E-state index is 12.8. The van der Waals surface area contributed by atoms with Crippen LogP contribution in [0.1, 0.15) is 33.0 Å². The molecule has 4 heterocycles. The van der Waals surface area contributed by atoms with Crippen LogP contribution >= 0.6 is 11.3 Å². The van der Waals surface area contributed by atoms with Crippen LogP contribution in [0, 0.1) is 0 Å². The van der Waals surface area contributed by atoms with Crippen molar-refractivity contribution >= 4 is 34.0 Å². The lowest BCUT2D eigenvalue weighted by Crippen LogP contribution is -2.36. The zero-order valence-corrected chi connectivity index (χ0v) is 18.5. The van der Waals surface area contributed by atoms with E-state index in [2.05, 4.69) is 65.3 Å². The third-order valence-corrected chi connectivity index (χ3v) is 6.73. The number of nitrogens with one attached hydrogen (secondary N) is 3. The minimum Gasteiger partial charge on any atom is -0.351 e. The summed E-state index contributed by atoms with van der Waals surface area (Å²) >= 11 is 1.37. The van der Waals surface area contributed by atoms with E-state index in [1.54, 1.807) is 22.7 Å². The van der Waals surface area contributed by atoms with E-state index in [-0.39, 0.29) is 5.91 Å². The maximum Gasteiger partial charge on any atom is 0.273 e. The first kappa shape index (κ1) is 19.8. The van der Waals surface area contributed by atoms with Crippen LogP contribution in [-0.2, 0) is 25.8 Å². The molecule has 166 valence electrons. The Bertz CT molecular complexity index is 1270. The highest BCUT2D eigenvalue weighted by Gasteiger charge is 2.26. The van der Waals surface area contributed by atoms with Crippen LogP contribution in [0.15, 0.2) is 42.0 Å². The molecular weight excluding hydrogens is 438 g/mol. The molecule has 2 aliphatic rings. The van der Waals surface area contributed by atoms with Gasteiger partial charge in [0.1, 0.15) is 11.4 Å². The van der Waals surface area contributed by atoms with Gasteiger partial charge in [-0.15, -0.1) is 16.4 Å². The molecule has 0 bridgehead atoms. The molecule has 0 spiro atoms. The molecule has 0 atom stereocenters. The van der Waals surface area contributed by atoms with Crippen LogP contribution in [0.3, 0.4) is 0 Å². The number of aromatic amines is 1. The van der Waals surface area contributed by atoms with Crippen LogP contribution in [0.4, 0.5) is 16.8 Å². The Labute approximate surface area is 193 Å². The van der Waals surface area contributed by atoms with Gasteiger partial charge >= 0.3 is 0 Å². The topological polar surface area (TPSA) is 125 Å². The Morgan fingerprint density at radius 2 is 1.94 bits per heavy atom. The van der Waals surface area contributed by atoms with E-state index in [4.69, 9.17) is 0 Å². The Hall–Kier alpha value is -3.86. The number of thiazole rings is 1. The number of nitrogens with zero attached hydrogens (tertiary/aromatic N) is 6. The lowest BCUT2D eigenvalue weighted by atomic mass is 10.1. The third-order valence-electron chi connectivity index (χ3n) is 5.97. The summed E-state index contributed by atoms with van der Waals surface area (Å²) in [6, 6.07) is 8.81. The van der Waals surface area contributed by atoms with E-state index < -0.39 is 0 Å². The normalized spacial score (nSPS) is 15.2. The van der Waals surface area contributed by atoms with Crippen molar-refractivity contribution in [2.45, 2.75) is 31.8 Å². The second kappa shape index (κ2) is 8.24. The smallest absolute Gasteiger partial charge is 0.273 e. The summed E-state index contributed by atoms with van der Waals surface area (Å²) in [7, 11) is 0. The number of aromatic nitrogens is 6. The SMILES string of the molecule is O=C(c1csc(Nc2cnc(NC3Cc4ccccc4C3)nc2)n1)N1CCc2[nH]nnc2C1. The standard InChI is InChI=1S/C22H21N9OS/c32-20(31-6-5-17-18(11-31)29-30-28-17)19-12-33-22(27-19)26-16-9-23-21(24-10-16)25-15-7-13-3-1-2-4-14(13)8-15/h1-4,9-10,12,15H,5-8,11H2,(H,26,27)(H,23,24,25)(H,28,29,30). The summed E-state index contributed by atoms with van der Waals surface area (Å²) in [5.74, 6) is 0.493. The summed E-state index contributed by atoms with van der Waals surface area (Å²) in [5.41, 5.74) is 5.70. The number of hydrogen-bond acceptors (Lipinski definition) is 9. The highest BCUT2D eigenvalue weighted by atomic mass is 32.1. The molecule has 0 unspecified atom stereocenters. The molecule has 0 fully saturated rings. The quantitative estimate of drug-likeness (QED) is 0.416. The molecule has 1 aromatic carbocycles. The highest BCUT2D eigenvalue weighted by molar-refractivity contribution is 7.14. The Morgan fingerprint density at radius 3 is 2.73 bits per heavy atom. The number of carbonyl (C=O) groups excluding carboxylic acids is 1. The van der Waals surface area contributed by atoms with Crippen molar-refractivity contribution in [1.82, 2.24) is 35.3 Å². The van der Waals surface area contributed by atoms with E-state index in [1.165, 1.54) is 22.5 Å². The maximum absolute atomic E-state index is 12.8. The average molecular weight is 460 g/mol. The Morgan fingerprint density at radius 1 is 1.15 bits per heavy atom. The van der Waals surface area contributed by atoms with Crippen molar-refractivity contribution in [3.63, 3.8) is 0 Å². The fraction of sp³-hybridized carbons (Fsp3) is 0.273. The van der Waals surface area contributed by atoms with Gasteiger partial charge in [-0.05, 0) is 24.0 Å². The lowest BCUT2D eigenvalue weighted by Gasteiger charge is -2.24. The minimum absolute atomic E-state index is 0.110. The summed E-state index contributed by atoms with van der Waals surface area (Å²) in [4.78, 5) is 27.9. The summed E-state index contributed by atoms with van der Waals surface area (Å²) in [6.07, 6.45) is 6.11. The van der Waals surface area contributed by atoms with E-state index in [0.717, 1.165) is 24.2 Å². The average Bonchev–Trinajstić information content (AvgIpc) is 3.58. The predicted molar refractivity (Wildman–Crippen MR) is 124 cm³/mol. The van der Waals surface area contributed by atoms with Gasteiger partial charge in [0.05, 0.1) is 30.3 Å². The van der Waals surface area contributed by atoms with Crippen molar-refractivity contribution in [2.24, 2.45) is 0 Å². The molecule has 6 rings (SSSR count). The number of rotatable bonds is 5. The van der Waals surface area contributed by atoms with Gasteiger partial charge in [0.15, 0.2) is 5.13 Å². The zero-order chi connectivity index (χ0) is 22.2. The number of carbonyl (C=O) groups is 1. The largest absolute Gasteiger partial charge is 0.351 e. The second-order valence-corrected chi connectivity index (χ2v) is 9.05. The van der Waals surface area contributed by atoms with Crippen LogP contribution in [0.5, 0.6) is 0 Å². The first-order chi connectivity index (χ1) is 16.2. The molecule has 1 amide bonds. The van der Waals surface area contributed by atoms with Gasteiger partial charge in [-0.25, -0.2) is 15.0 Å². The summed E-state index contributed by atoms with van der Waals surface area (Å²) in [6.45, 7) is 1.06. The van der Waals surface area contributed by atoms with Crippen molar-refractivity contribution in [3.8, 4) is 0 Å². The third kappa shape index (κ3) is 4.02. The molecule has 3 N–H and O–H groups in total. The monoisotopic (exact) mass is 459 g/mol. The van der Waals surface area contributed by atoms with E-state index in [9.17, 15) is 4.79 Å². The van der Waals surface area contributed by atoms with Crippen LogP contribution in [0.25, 0.3) is 0 Å². The van der Waals surface area contributed by atoms with Gasteiger partial charge < -0.3 is 15.5 Å². The predicted octanol–water partition coefficient (Wildman–Crippen LogP) is 2.57. The molecule has 3 aromatic heterocycles. The van der Waals surface area contributed by atoms with Gasteiger partial charge in [0, 0.05) is 24.4 Å². The summed E-state index contributed by atoms with van der Waals surface area (Å²) < 4.78 is 0. The molecule has 11 heteroatoms. The molecule has 0 radical (unpaired) electrons. The molecular formula is C22H21N9OS. The first-order valence-corrected chi connectivity index (χ1v) is 11.7. The lowest BCUT2D eigenvalue weighted by molar-refractivity contribution is 0.0727. The van der Waals surface area contributed by atoms with Crippen molar-refractivity contribution < 1.29 is 4.79 Å². The molecule has 10 nitrogen and oxygen atoms in total. The van der Waals surface area contributed by atoms with Gasteiger partial charge in [-0.1, -0.05) is 29.5 Å². The molecule has 1 aliphatic heterocycles. The number of benzene rings is 1. The van der Waals surface area contributed by atoms with E-state index in [1.807, 2.05) is 0 Å². The summed E-state index contributed by atoms with van der Waals surface area (Å²) in [5, 5.41) is 19.7. The number of anilines is 3. The minimum atomic E-state index is -0.110. The number of H-pyrrole nitrogens is 1. The van der Waals surface area contributed by atoms with Crippen molar-refractivity contribution in [2.75, 3.05) is 17.2 Å². The molecule has 33 heavy (non-hydrogen) atoms. The van der Waals surface area contributed by atoms with Crippen molar-refractivity contribution in [3.05, 3.63) is 70.2 Å². The molecule has 0 saturated heterocycles. The number of fused-ring (bicyclic) bond motifs is 2. The highest BCUT2D eigenvalue weighted by Crippen LogP contribution is 2.25. The van der Waals surface area contributed by atoms with E-state index >= 15 is 0 Å². The van der Waals surface area contributed by atoms with Crippen molar-refractivity contribution in [1.29, 1.82) is 0 Å².